The highest BCUT2D eigenvalue weighted by molar-refractivity contribution is 5.90. The first-order valence-corrected chi connectivity index (χ1v) is 10.2. The minimum Gasteiger partial charge on any atom is -0.497 e. The van der Waals surface area contributed by atoms with Crippen molar-refractivity contribution in [1.82, 2.24) is 0 Å². The molecule has 11 heteroatoms. The molecule has 2 aliphatic rings. The number of hydrogen-bond donors (Lipinski definition) is 4. The van der Waals surface area contributed by atoms with Crippen LogP contribution in [0.2, 0.25) is 0 Å². The second-order valence-electron chi connectivity index (χ2n) is 7.65. The molecule has 2 aromatic rings. The van der Waals surface area contributed by atoms with Crippen molar-refractivity contribution in [3.63, 3.8) is 0 Å². The molecule has 7 atom stereocenters. The van der Waals surface area contributed by atoms with Gasteiger partial charge in [-0.3, -0.25) is 0 Å². The van der Waals surface area contributed by atoms with Gasteiger partial charge in [-0.05, 0) is 29.8 Å². The first-order chi connectivity index (χ1) is 15.8. The zero-order chi connectivity index (χ0) is 23.7. The Labute approximate surface area is 188 Å². The van der Waals surface area contributed by atoms with Gasteiger partial charge in [0, 0.05) is 6.07 Å². The van der Waals surface area contributed by atoms with Crippen molar-refractivity contribution in [1.29, 1.82) is 0 Å². The predicted molar refractivity (Wildman–Crippen MR) is 110 cm³/mol. The second kappa shape index (κ2) is 9.59. The van der Waals surface area contributed by atoms with Crippen LogP contribution in [0.3, 0.4) is 0 Å². The Kier molecular flexibility index (Phi) is 6.79. The van der Waals surface area contributed by atoms with Crippen molar-refractivity contribution in [2.24, 2.45) is 0 Å². The molecule has 0 radical (unpaired) electrons. The van der Waals surface area contributed by atoms with Crippen LogP contribution in [0.15, 0.2) is 48.5 Å². The summed E-state index contributed by atoms with van der Waals surface area (Å²) in [6.45, 7) is -0.647. The normalized spacial score (nSPS) is 32.0. The van der Waals surface area contributed by atoms with Gasteiger partial charge in [0.25, 0.3) is 0 Å². The molecule has 1 amide bonds. The lowest BCUT2D eigenvalue weighted by Gasteiger charge is -2.41. The number of carbonyl (C=O) groups is 1. The molecule has 2 saturated heterocycles. The van der Waals surface area contributed by atoms with E-state index in [0.717, 1.165) is 4.90 Å². The number of anilines is 1. The Morgan fingerprint density at radius 3 is 2.45 bits per heavy atom. The molecule has 0 aliphatic carbocycles. The van der Waals surface area contributed by atoms with Crippen LogP contribution < -0.4 is 9.64 Å². The lowest BCUT2D eigenvalue weighted by molar-refractivity contribution is -0.313. The van der Waals surface area contributed by atoms with Gasteiger partial charge in [-0.25, -0.2) is 14.1 Å². The number of rotatable bonds is 6. The lowest BCUT2D eigenvalue weighted by Crippen LogP contribution is -2.60. The Morgan fingerprint density at radius 1 is 1.06 bits per heavy atom. The maximum atomic E-state index is 13.5. The van der Waals surface area contributed by atoms with E-state index in [2.05, 4.69) is 0 Å². The van der Waals surface area contributed by atoms with Crippen molar-refractivity contribution in [3.05, 3.63) is 59.9 Å². The van der Waals surface area contributed by atoms with Crippen LogP contribution in [0, 0.1) is 5.82 Å². The van der Waals surface area contributed by atoms with E-state index in [-0.39, 0.29) is 0 Å². The minimum absolute atomic E-state index is 0.346. The van der Waals surface area contributed by atoms with Gasteiger partial charge in [-0.15, -0.1) is 0 Å². The fourth-order valence-corrected chi connectivity index (χ4v) is 3.81. The predicted octanol–water partition coefficient (Wildman–Crippen LogP) is 0.675. The number of aliphatic hydroxyl groups excluding tert-OH is 4. The highest BCUT2D eigenvalue weighted by Gasteiger charge is 2.50. The van der Waals surface area contributed by atoms with Crippen molar-refractivity contribution in [3.8, 4) is 5.75 Å². The molecular formula is C22H24FNO9. The number of carbonyl (C=O) groups excluding carboxylic acids is 1. The molecule has 2 aromatic carbocycles. The van der Waals surface area contributed by atoms with E-state index in [1.165, 1.54) is 31.4 Å². The molecule has 2 fully saturated rings. The van der Waals surface area contributed by atoms with Crippen LogP contribution in [0.25, 0.3) is 0 Å². The zero-order valence-corrected chi connectivity index (χ0v) is 17.5. The van der Waals surface area contributed by atoms with Crippen LogP contribution in [0.1, 0.15) is 11.7 Å². The average molecular weight is 465 g/mol. The first kappa shape index (κ1) is 23.4. The van der Waals surface area contributed by atoms with E-state index in [1.807, 2.05) is 0 Å². The van der Waals surface area contributed by atoms with Crippen molar-refractivity contribution in [2.75, 3.05) is 18.6 Å². The largest absolute Gasteiger partial charge is 0.497 e. The fraction of sp³-hybridized carbons (Fsp3) is 0.409. The molecule has 0 bridgehead atoms. The van der Waals surface area contributed by atoms with E-state index in [1.54, 1.807) is 24.3 Å². The molecule has 4 N–H and O–H groups in total. The van der Waals surface area contributed by atoms with Crippen LogP contribution in [-0.2, 0) is 14.2 Å². The number of benzene rings is 2. The number of ether oxygens (including phenoxy) is 4. The van der Waals surface area contributed by atoms with E-state index < -0.39 is 61.6 Å². The summed E-state index contributed by atoms with van der Waals surface area (Å²) >= 11 is 0. The van der Waals surface area contributed by atoms with E-state index in [4.69, 9.17) is 18.9 Å². The molecule has 2 aliphatic heterocycles. The van der Waals surface area contributed by atoms with Gasteiger partial charge in [0.2, 0.25) is 0 Å². The molecule has 0 spiro atoms. The molecule has 178 valence electrons. The molecular weight excluding hydrogens is 441 g/mol. The summed E-state index contributed by atoms with van der Waals surface area (Å²) in [6, 6.07) is 11.7. The second-order valence-corrected chi connectivity index (χ2v) is 7.65. The fourth-order valence-electron chi connectivity index (χ4n) is 3.81. The van der Waals surface area contributed by atoms with E-state index >= 15 is 0 Å². The van der Waals surface area contributed by atoms with Gasteiger partial charge < -0.3 is 39.4 Å². The van der Waals surface area contributed by atoms with Gasteiger partial charge in [-0.1, -0.05) is 18.2 Å². The molecule has 10 nitrogen and oxygen atoms in total. The van der Waals surface area contributed by atoms with Gasteiger partial charge in [0.15, 0.2) is 18.6 Å². The van der Waals surface area contributed by atoms with Gasteiger partial charge in [0.05, 0.1) is 19.4 Å². The number of amides is 1. The Morgan fingerprint density at radius 2 is 1.79 bits per heavy atom. The van der Waals surface area contributed by atoms with Crippen molar-refractivity contribution in [2.45, 2.75) is 43.0 Å². The summed E-state index contributed by atoms with van der Waals surface area (Å²) in [5.74, 6) is -0.0313. The highest BCUT2D eigenvalue weighted by Crippen LogP contribution is 2.39. The van der Waals surface area contributed by atoms with E-state index in [0.29, 0.717) is 17.0 Å². The summed E-state index contributed by atoms with van der Waals surface area (Å²) in [5.41, 5.74) is 0.753. The number of halogens is 1. The number of nitrogens with zero attached hydrogens (tertiary/aromatic N) is 1. The Bertz CT molecular complexity index is 973. The van der Waals surface area contributed by atoms with Crippen LogP contribution in [0.5, 0.6) is 5.75 Å². The lowest BCUT2D eigenvalue weighted by atomic mass is 9.99. The smallest absolute Gasteiger partial charge is 0.417 e. The molecule has 0 aromatic heterocycles. The van der Waals surface area contributed by atoms with Gasteiger partial charge in [0.1, 0.15) is 36.0 Å². The standard InChI is InChI=1S/C22H24FNO9/c1-30-14-4-2-3-13(9-14)24-20(19(32-22(24)29)11-5-7-12(23)8-6-11)33-21-18(28)17(27)16(26)15(10-25)31-21/h2-9,15-21,25-28H,10H2,1H3/t15-,16-,17+,18-,19?,20?,21+/m1/s1. The van der Waals surface area contributed by atoms with Crippen LogP contribution in [0.4, 0.5) is 14.9 Å². The third-order valence-corrected chi connectivity index (χ3v) is 5.59. The number of methoxy groups -OCH3 is 1. The number of cyclic esters (lactones) is 1. The summed E-state index contributed by atoms with van der Waals surface area (Å²) in [5, 5.41) is 40.0. The quantitative estimate of drug-likeness (QED) is 0.485. The number of aliphatic hydroxyl groups is 4. The average Bonchev–Trinajstić information content (AvgIpc) is 3.15. The summed E-state index contributed by atoms with van der Waals surface area (Å²) in [6.07, 6.45) is -10.8. The highest BCUT2D eigenvalue weighted by atomic mass is 19.1. The first-order valence-electron chi connectivity index (χ1n) is 10.2. The summed E-state index contributed by atoms with van der Waals surface area (Å²) in [7, 11) is 1.46. The zero-order valence-electron chi connectivity index (χ0n) is 17.5. The van der Waals surface area contributed by atoms with Crippen LogP contribution in [-0.4, -0.2) is 77.2 Å². The Balaban J connectivity index is 1.70. The van der Waals surface area contributed by atoms with Crippen LogP contribution >= 0.6 is 0 Å². The Hall–Kier alpha value is -2.80. The van der Waals surface area contributed by atoms with E-state index in [9.17, 15) is 29.6 Å². The third-order valence-electron chi connectivity index (χ3n) is 5.59. The molecule has 33 heavy (non-hydrogen) atoms. The maximum Gasteiger partial charge on any atom is 0.417 e. The van der Waals surface area contributed by atoms with Crippen molar-refractivity contribution < 1.29 is 48.6 Å². The number of hydrogen-bond acceptors (Lipinski definition) is 9. The van der Waals surface area contributed by atoms with Crippen molar-refractivity contribution >= 4 is 11.8 Å². The molecule has 0 saturated carbocycles. The maximum absolute atomic E-state index is 13.5. The SMILES string of the molecule is COc1cccc(N2C(=O)OC(c3ccc(F)cc3)C2O[C@@H]2O[C@H](CO)[C@@H](O)[C@H](O)[C@H]2O)c1. The van der Waals surface area contributed by atoms with Gasteiger partial charge >= 0.3 is 6.09 Å². The van der Waals surface area contributed by atoms with Gasteiger partial charge in [-0.2, -0.15) is 0 Å². The minimum atomic E-state index is -1.69. The summed E-state index contributed by atoms with van der Waals surface area (Å²) < 4.78 is 35.6. The molecule has 4 rings (SSSR count). The third kappa shape index (κ3) is 4.51. The summed E-state index contributed by atoms with van der Waals surface area (Å²) in [4.78, 5) is 14.0. The topological polar surface area (TPSA) is 138 Å². The molecule has 2 heterocycles. The molecule has 2 unspecified atom stereocenters. The monoisotopic (exact) mass is 465 g/mol.